The van der Waals surface area contributed by atoms with E-state index in [0.29, 0.717) is 0 Å². The number of rotatable bonds is 5. The fourth-order valence-corrected chi connectivity index (χ4v) is 3.94. The third kappa shape index (κ3) is 3.97. The maximum absolute atomic E-state index is 6.44. The Morgan fingerprint density at radius 3 is 1.90 bits per heavy atom. The number of hydrogen-bond donors (Lipinski definition) is 0. The van der Waals surface area contributed by atoms with Gasteiger partial charge in [0.1, 0.15) is 0 Å². The molecule has 2 nitrogen and oxygen atoms in total. The Bertz CT molecular complexity index is 991. The summed E-state index contributed by atoms with van der Waals surface area (Å²) in [5, 5.41) is 0. The molecule has 3 aromatic carbocycles. The molecule has 0 aliphatic carbocycles. The molecule has 0 N–H and O–H groups in total. The Labute approximate surface area is 181 Å². The van der Waals surface area contributed by atoms with Crippen LogP contribution in [0, 0.1) is 0 Å². The lowest BCUT2D eigenvalue weighted by Crippen LogP contribution is -2.41. The first-order valence-electron chi connectivity index (χ1n) is 10.9. The van der Waals surface area contributed by atoms with E-state index in [1.165, 1.54) is 22.3 Å². The first-order valence-corrected chi connectivity index (χ1v) is 10.9. The number of aryl methyl sites for hydroxylation is 1. The predicted molar refractivity (Wildman–Crippen MR) is 127 cm³/mol. The van der Waals surface area contributed by atoms with E-state index in [2.05, 4.69) is 101 Å². The molecular weight excluding hydrogens is 367 g/mol. The van der Waals surface area contributed by atoms with Gasteiger partial charge in [0, 0.05) is 0 Å². The molecule has 1 heterocycles. The molecule has 0 bridgehead atoms. The van der Waals surface area contributed by atoms with Crippen molar-refractivity contribution in [3.05, 3.63) is 78.4 Å². The normalized spacial score (nSPS) is 17.3. The Morgan fingerprint density at radius 2 is 1.30 bits per heavy atom. The van der Waals surface area contributed by atoms with E-state index in [1.807, 2.05) is 6.07 Å². The molecule has 1 aliphatic rings. The SMILES string of the molecule is CCCc1ccc(-c2ccc(-c3ccccc3)cc2B2OC(C)(C)C(C)(C)O2)cc1. The Hall–Kier alpha value is -2.36. The van der Waals surface area contributed by atoms with Gasteiger partial charge in [-0.3, -0.25) is 0 Å². The van der Waals surface area contributed by atoms with E-state index in [1.54, 1.807) is 0 Å². The zero-order valence-electron chi connectivity index (χ0n) is 18.7. The highest BCUT2D eigenvalue weighted by atomic mass is 16.7. The van der Waals surface area contributed by atoms with Crippen LogP contribution in [0.4, 0.5) is 0 Å². The quantitative estimate of drug-likeness (QED) is 0.472. The van der Waals surface area contributed by atoms with Crippen molar-refractivity contribution in [1.29, 1.82) is 0 Å². The molecule has 0 aromatic heterocycles. The Balaban J connectivity index is 1.80. The van der Waals surface area contributed by atoms with Crippen molar-refractivity contribution in [2.45, 2.75) is 58.7 Å². The summed E-state index contributed by atoms with van der Waals surface area (Å²) in [4.78, 5) is 0. The third-order valence-electron chi connectivity index (χ3n) is 6.47. The summed E-state index contributed by atoms with van der Waals surface area (Å²) in [6.45, 7) is 10.6. The van der Waals surface area contributed by atoms with Crippen molar-refractivity contribution in [2.75, 3.05) is 0 Å². The lowest BCUT2D eigenvalue weighted by molar-refractivity contribution is 0.00578. The van der Waals surface area contributed by atoms with Crippen molar-refractivity contribution in [3.8, 4) is 22.3 Å². The zero-order chi connectivity index (χ0) is 21.4. The van der Waals surface area contributed by atoms with Crippen LogP contribution in [0.15, 0.2) is 72.8 Å². The van der Waals surface area contributed by atoms with Crippen molar-refractivity contribution >= 4 is 12.6 Å². The lowest BCUT2D eigenvalue weighted by atomic mass is 9.73. The van der Waals surface area contributed by atoms with Crippen LogP contribution in [0.2, 0.25) is 0 Å². The van der Waals surface area contributed by atoms with E-state index >= 15 is 0 Å². The summed E-state index contributed by atoms with van der Waals surface area (Å²) in [6.07, 6.45) is 2.27. The molecule has 1 saturated heterocycles. The highest BCUT2D eigenvalue weighted by molar-refractivity contribution is 6.64. The minimum absolute atomic E-state index is 0.372. The van der Waals surface area contributed by atoms with E-state index < -0.39 is 7.12 Å². The summed E-state index contributed by atoms with van der Waals surface area (Å²) in [7, 11) is -0.399. The second kappa shape index (κ2) is 8.05. The molecule has 0 saturated carbocycles. The number of hydrogen-bond acceptors (Lipinski definition) is 2. The molecule has 0 radical (unpaired) electrons. The molecule has 0 atom stereocenters. The van der Waals surface area contributed by atoms with Crippen LogP contribution < -0.4 is 5.46 Å². The minimum Gasteiger partial charge on any atom is -0.399 e. The molecule has 0 spiro atoms. The standard InChI is InChI=1S/C27H31BO2/c1-6-10-20-13-15-22(16-14-20)24-18-17-23(21-11-8-7-9-12-21)19-25(24)28-29-26(2,3)27(4,5)30-28/h7-9,11-19H,6,10H2,1-5H3. The maximum atomic E-state index is 6.44. The monoisotopic (exact) mass is 398 g/mol. The van der Waals surface area contributed by atoms with Gasteiger partial charge in [-0.05, 0) is 67.4 Å². The van der Waals surface area contributed by atoms with E-state index in [-0.39, 0.29) is 11.2 Å². The van der Waals surface area contributed by atoms with Crippen LogP contribution in [0.1, 0.15) is 46.6 Å². The van der Waals surface area contributed by atoms with Crippen LogP contribution in [0.5, 0.6) is 0 Å². The van der Waals surface area contributed by atoms with Gasteiger partial charge in [-0.15, -0.1) is 0 Å². The van der Waals surface area contributed by atoms with Crippen LogP contribution in [-0.4, -0.2) is 18.3 Å². The lowest BCUT2D eigenvalue weighted by Gasteiger charge is -2.32. The summed E-state index contributed by atoms with van der Waals surface area (Å²) in [5.74, 6) is 0. The largest absolute Gasteiger partial charge is 0.495 e. The molecular formula is C27H31BO2. The maximum Gasteiger partial charge on any atom is 0.495 e. The van der Waals surface area contributed by atoms with Crippen LogP contribution >= 0.6 is 0 Å². The Kier molecular flexibility index (Phi) is 5.61. The first kappa shape index (κ1) is 20.9. The third-order valence-corrected chi connectivity index (χ3v) is 6.47. The topological polar surface area (TPSA) is 18.5 Å². The van der Waals surface area contributed by atoms with Gasteiger partial charge in [-0.2, -0.15) is 0 Å². The van der Waals surface area contributed by atoms with Gasteiger partial charge in [0.25, 0.3) is 0 Å². The van der Waals surface area contributed by atoms with Crippen LogP contribution in [-0.2, 0) is 15.7 Å². The summed E-state index contributed by atoms with van der Waals surface area (Å²) in [6, 6.07) is 26.0. The smallest absolute Gasteiger partial charge is 0.399 e. The molecule has 154 valence electrons. The second-order valence-corrected chi connectivity index (χ2v) is 9.20. The second-order valence-electron chi connectivity index (χ2n) is 9.20. The Morgan fingerprint density at radius 1 is 0.700 bits per heavy atom. The average Bonchev–Trinajstić information content (AvgIpc) is 2.96. The van der Waals surface area contributed by atoms with Gasteiger partial charge >= 0.3 is 7.12 Å². The molecule has 0 amide bonds. The molecule has 30 heavy (non-hydrogen) atoms. The molecule has 0 unspecified atom stereocenters. The fourth-order valence-electron chi connectivity index (χ4n) is 3.94. The van der Waals surface area contributed by atoms with Gasteiger partial charge in [-0.25, -0.2) is 0 Å². The highest BCUT2D eigenvalue weighted by Gasteiger charge is 2.52. The minimum atomic E-state index is -0.399. The summed E-state index contributed by atoms with van der Waals surface area (Å²) < 4.78 is 12.9. The fraction of sp³-hybridized carbons (Fsp3) is 0.333. The van der Waals surface area contributed by atoms with Gasteiger partial charge in [0.15, 0.2) is 0 Å². The molecule has 4 rings (SSSR count). The van der Waals surface area contributed by atoms with Crippen molar-refractivity contribution in [2.24, 2.45) is 0 Å². The highest BCUT2D eigenvalue weighted by Crippen LogP contribution is 2.38. The molecule has 1 fully saturated rings. The molecule has 3 aromatic rings. The predicted octanol–water partition coefficient (Wildman–Crippen LogP) is 6.27. The summed E-state index contributed by atoms with van der Waals surface area (Å²) in [5.41, 5.74) is 6.44. The average molecular weight is 398 g/mol. The van der Waals surface area contributed by atoms with Crippen LogP contribution in [0.25, 0.3) is 22.3 Å². The summed E-state index contributed by atoms with van der Waals surface area (Å²) >= 11 is 0. The van der Waals surface area contributed by atoms with Crippen molar-refractivity contribution < 1.29 is 9.31 Å². The van der Waals surface area contributed by atoms with Gasteiger partial charge < -0.3 is 9.31 Å². The van der Waals surface area contributed by atoms with Crippen LogP contribution in [0.3, 0.4) is 0 Å². The van der Waals surface area contributed by atoms with E-state index in [9.17, 15) is 0 Å². The zero-order valence-corrected chi connectivity index (χ0v) is 18.7. The van der Waals surface area contributed by atoms with E-state index in [0.717, 1.165) is 23.9 Å². The number of benzene rings is 3. The van der Waals surface area contributed by atoms with Gasteiger partial charge in [0.2, 0.25) is 0 Å². The van der Waals surface area contributed by atoms with Gasteiger partial charge in [0.05, 0.1) is 11.2 Å². The van der Waals surface area contributed by atoms with Crippen molar-refractivity contribution in [1.82, 2.24) is 0 Å². The van der Waals surface area contributed by atoms with Crippen molar-refractivity contribution in [3.63, 3.8) is 0 Å². The first-order chi connectivity index (χ1) is 14.3. The van der Waals surface area contributed by atoms with Gasteiger partial charge in [-0.1, -0.05) is 86.1 Å². The molecule has 1 aliphatic heterocycles. The van der Waals surface area contributed by atoms with E-state index in [4.69, 9.17) is 9.31 Å². The molecule has 3 heteroatoms.